The number of halogens is 3. The second-order valence-electron chi connectivity index (χ2n) is 8.09. The van der Waals surface area contributed by atoms with Crippen molar-refractivity contribution < 1.29 is 28.0 Å². The van der Waals surface area contributed by atoms with Gasteiger partial charge >= 0.3 is 11.9 Å². The number of nitrogens with one attached hydrogen (secondary N) is 2. The Morgan fingerprint density at radius 1 is 1.22 bits per heavy atom. The number of aliphatic hydroxyl groups excluding tert-OH is 1. The summed E-state index contributed by atoms with van der Waals surface area (Å²) in [5.74, 6) is -0.299. The number of aliphatic hydroxyl groups is 1. The van der Waals surface area contributed by atoms with E-state index in [2.05, 4.69) is 15.6 Å². The third-order valence-electron chi connectivity index (χ3n) is 5.30. The number of carbonyl (C=O) groups is 1. The molecule has 0 aliphatic carbocycles. The Labute approximate surface area is 204 Å². The van der Waals surface area contributed by atoms with E-state index in [4.69, 9.17) is 5.73 Å². The fourth-order valence-electron chi connectivity index (χ4n) is 3.43. The van der Waals surface area contributed by atoms with E-state index in [1.807, 2.05) is 0 Å². The van der Waals surface area contributed by atoms with Crippen molar-refractivity contribution in [3.05, 3.63) is 70.0 Å². The van der Waals surface area contributed by atoms with E-state index in [0.29, 0.717) is 36.5 Å². The minimum atomic E-state index is -4.47. The van der Waals surface area contributed by atoms with Gasteiger partial charge in [-0.15, -0.1) is 0 Å². The lowest BCUT2D eigenvalue weighted by Crippen LogP contribution is -2.35. The molecule has 0 bridgehead atoms. The molecule has 0 fully saturated rings. The van der Waals surface area contributed by atoms with Gasteiger partial charge in [0.1, 0.15) is 5.82 Å². The molecule has 2 heterocycles. The first kappa shape index (κ1) is 26.5. The highest BCUT2D eigenvalue weighted by molar-refractivity contribution is 6.01. The average Bonchev–Trinajstić information content (AvgIpc) is 3.25. The number of carbonyl (C=O) groups excluding carboxylic acids is 1. The lowest BCUT2D eigenvalue weighted by atomic mass is 10.0. The lowest BCUT2D eigenvalue weighted by molar-refractivity contribution is -0.384. The second-order valence-corrected chi connectivity index (χ2v) is 8.09. The van der Waals surface area contributed by atoms with Crippen LogP contribution in [0.15, 0.2) is 48.8 Å². The van der Waals surface area contributed by atoms with Gasteiger partial charge in [0.15, 0.2) is 0 Å². The van der Waals surface area contributed by atoms with Crippen LogP contribution in [0.25, 0.3) is 11.1 Å². The lowest BCUT2D eigenvalue weighted by Gasteiger charge is -2.11. The van der Waals surface area contributed by atoms with Crippen LogP contribution in [0.5, 0.6) is 0 Å². The van der Waals surface area contributed by atoms with Gasteiger partial charge in [-0.1, -0.05) is 12.1 Å². The number of nitrogens with zero attached hydrogens (tertiary/aromatic N) is 3. The topological polar surface area (TPSA) is 148 Å². The molecule has 0 saturated carbocycles. The molecule has 5 N–H and O–H groups in total. The Hall–Kier alpha value is -4.13. The van der Waals surface area contributed by atoms with E-state index < -0.39 is 28.6 Å². The maximum absolute atomic E-state index is 12.9. The highest BCUT2D eigenvalue weighted by Crippen LogP contribution is 2.32. The van der Waals surface area contributed by atoms with Gasteiger partial charge in [0, 0.05) is 43.2 Å². The summed E-state index contributed by atoms with van der Waals surface area (Å²) in [5.41, 5.74) is 5.65. The number of benzene rings is 1. The van der Waals surface area contributed by atoms with Crippen molar-refractivity contribution in [1.82, 2.24) is 14.9 Å². The number of nitro groups is 1. The summed E-state index contributed by atoms with van der Waals surface area (Å²) in [6.07, 6.45) is -0.650. The zero-order valence-corrected chi connectivity index (χ0v) is 19.2. The molecule has 3 rings (SSSR count). The van der Waals surface area contributed by atoms with Crippen molar-refractivity contribution >= 4 is 23.2 Å². The molecule has 192 valence electrons. The van der Waals surface area contributed by atoms with Gasteiger partial charge in [0.2, 0.25) is 5.82 Å². The molecule has 2 aromatic heterocycles. The summed E-state index contributed by atoms with van der Waals surface area (Å²) < 4.78 is 40.6. The van der Waals surface area contributed by atoms with Crippen molar-refractivity contribution in [3.8, 4) is 11.1 Å². The zero-order chi connectivity index (χ0) is 26.5. The molecular weight excluding hydrogens is 481 g/mol. The number of hydrogen-bond acceptors (Lipinski definition) is 7. The van der Waals surface area contributed by atoms with Crippen LogP contribution in [0.4, 0.5) is 30.5 Å². The zero-order valence-electron chi connectivity index (χ0n) is 19.2. The summed E-state index contributed by atoms with van der Waals surface area (Å²) in [5, 5.41) is 25.7. The van der Waals surface area contributed by atoms with Crippen LogP contribution in [0, 0.1) is 10.1 Å². The van der Waals surface area contributed by atoms with E-state index in [9.17, 15) is 33.2 Å². The highest BCUT2D eigenvalue weighted by atomic mass is 19.4. The third-order valence-corrected chi connectivity index (χ3v) is 5.30. The van der Waals surface area contributed by atoms with Crippen molar-refractivity contribution in [2.45, 2.75) is 32.1 Å². The van der Waals surface area contributed by atoms with Crippen LogP contribution in [0.2, 0.25) is 0 Å². The molecule has 10 nitrogen and oxygen atoms in total. The van der Waals surface area contributed by atoms with Crippen LogP contribution >= 0.6 is 0 Å². The number of rotatable bonds is 10. The quantitative estimate of drug-likeness (QED) is 0.186. The molecule has 1 atom stereocenters. The SMILES string of the molecule is C[C@@H](CO)NC(=O)c1cn(CCCNc2ccc([N+](=O)[O-])c(N)n2)cc1-c1ccc(C(F)(F)F)cc1. The number of aryl methyl sites for hydroxylation is 1. The number of hydrogen-bond donors (Lipinski definition) is 4. The normalized spacial score (nSPS) is 12.2. The molecule has 0 saturated heterocycles. The van der Waals surface area contributed by atoms with E-state index >= 15 is 0 Å². The summed E-state index contributed by atoms with van der Waals surface area (Å²) in [6, 6.07) is 6.71. The van der Waals surface area contributed by atoms with Crippen molar-refractivity contribution in [3.63, 3.8) is 0 Å². The maximum atomic E-state index is 12.9. The smallest absolute Gasteiger partial charge is 0.394 e. The number of amides is 1. The first-order chi connectivity index (χ1) is 17.0. The van der Waals surface area contributed by atoms with Gasteiger partial charge in [0.05, 0.1) is 22.7 Å². The molecular formula is C23H25F3N6O4. The van der Waals surface area contributed by atoms with E-state index in [0.717, 1.165) is 12.1 Å². The van der Waals surface area contributed by atoms with Crippen LogP contribution in [0.1, 0.15) is 29.3 Å². The molecule has 13 heteroatoms. The predicted molar refractivity (Wildman–Crippen MR) is 127 cm³/mol. The van der Waals surface area contributed by atoms with Crippen molar-refractivity contribution in [1.29, 1.82) is 0 Å². The van der Waals surface area contributed by atoms with Gasteiger partial charge < -0.3 is 26.0 Å². The van der Waals surface area contributed by atoms with E-state index in [1.165, 1.54) is 24.3 Å². The maximum Gasteiger partial charge on any atom is 0.416 e. The Kier molecular flexibility index (Phi) is 8.14. The summed E-state index contributed by atoms with van der Waals surface area (Å²) in [7, 11) is 0. The van der Waals surface area contributed by atoms with Crippen LogP contribution < -0.4 is 16.4 Å². The average molecular weight is 506 g/mol. The molecule has 36 heavy (non-hydrogen) atoms. The Balaban J connectivity index is 1.74. The Bertz CT molecular complexity index is 1230. The minimum absolute atomic E-state index is 0.204. The van der Waals surface area contributed by atoms with Gasteiger partial charge in [-0.2, -0.15) is 13.2 Å². The molecule has 1 aromatic carbocycles. The Morgan fingerprint density at radius 2 is 1.92 bits per heavy atom. The number of alkyl halides is 3. The number of anilines is 2. The predicted octanol–water partition coefficient (Wildman–Crippen LogP) is 3.67. The molecule has 0 spiro atoms. The van der Waals surface area contributed by atoms with Gasteiger partial charge in [0.25, 0.3) is 5.91 Å². The molecule has 0 unspecified atom stereocenters. The molecule has 1 amide bonds. The monoisotopic (exact) mass is 506 g/mol. The number of pyridine rings is 1. The molecule has 0 radical (unpaired) electrons. The van der Waals surface area contributed by atoms with Crippen molar-refractivity contribution in [2.24, 2.45) is 0 Å². The standard InChI is InChI=1S/C23H25F3N6O4/c1-14(13-33)29-22(34)18-12-31(11-17(18)15-3-5-16(6-4-15)23(24,25)26)10-2-9-28-20-8-7-19(32(35)36)21(27)30-20/h3-8,11-12,14,33H,2,9-10,13H2,1H3,(H,29,34)(H3,27,28,30)/t14-/m0/s1. The molecule has 0 aliphatic heterocycles. The first-order valence-electron chi connectivity index (χ1n) is 10.9. The number of aromatic nitrogens is 2. The van der Waals surface area contributed by atoms with Crippen molar-refractivity contribution in [2.75, 3.05) is 24.2 Å². The highest BCUT2D eigenvalue weighted by Gasteiger charge is 2.30. The largest absolute Gasteiger partial charge is 0.416 e. The second kappa shape index (κ2) is 11.1. The summed E-state index contributed by atoms with van der Waals surface area (Å²) >= 11 is 0. The number of nitrogens with two attached hydrogens (primary N) is 1. The van der Waals surface area contributed by atoms with E-state index in [-0.39, 0.29) is 23.7 Å². The van der Waals surface area contributed by atoms with Crippen LogP contribution in [-0.4, -0.2) is 44.7 Å². The minimum Gasteiger partial charge on any atom is -0.394 e. The fourth-order valence-corrected chi connectivity index (χ4v) is 3.43. The third kappa shape index (κ3) is 6.50. The molecule has 3 aromatic rings. The van der Waals surface area contributed by atoms with Gasteiger partial charge in [-0.05, 0) is 37.1 Å². The first-order valence-corrected chi connectivity index (χ1v) is 10.9. The number of nitrogen functional groups attached to an aromatic ring is 1. The van der Waals surface area contributed by atoms with Crippen LogP contribution in [0.3, 0.4) is 0 Å². The summed E-state index contributed by atoms with van der Waals surface area (Å²) in [4.78, 5) is 26.9. The fraction of sp³-hybridized carbons (Fsp3) is 0.304. The van der Waals surface area contributed by atoms with Gasteiger partial charge in [-0.25, -0.2) is 4.98 Å². The summed E-state index contributed by atoms with van der Waals surface area (Å²) in [6.45, 7) is 2.24. The van der Waals surface area contributed by atoms with Crippen LogP contribution in [-0.2, 0) is 12.7 Å². The Morgan fingerprint density at radius 3 is 2.50 bits per heavy atom. The van der Waals surface area contributed by atoms with Gasteiger partial charge in [-0.3, -0.25) is 14.9 Å². The molecule has 0 aliphatic rings. The van der Waals surface area contributed by atoms with E-state index in [1.54, 1.807) is 23.9 Å².